The first-order valence-corrected chi connectivity index (χ1v) is 10.6. The first kappa shape index (κ1) is 18.4. The molecule has 1 saturated heterocycles. The van der Waals surface area contributed by atoms with Gasteiger partial charge in [0.1, 0.15) is 0 Å². The summed E-state index contributed by atoms with van der Waals surface area (Å²) in [6.45, 7) is 5.93. The van der Waals surface area contributed by atoms with Crippen LogP contribution in [0, 0.1) is 13.8 Å². The Kier molecular flexibility index (Phi) is 4.70. The van der Waals surface area contributed by atoms with Crippen LogP contribution in [0.5, 0.6) is 11.5 Å². The molecule has 0 spiro atoms. The molecule has 0 saturated carbocycles. The maximum Gasteiger partial charge on any atom is 0.243 e. The number of aryl methyl sites for hydroxylation is 2. The topological polar surface area (TPSA) is 59.1 Å². The molecule has 0 bridgehead atoms. The molecule has 0 N–H and O–H groups in total. The van der Waals surface area contributed by atoms with E-state index in [1.165, 1.54) is 0 Å². The van der Waals surface area contributed by atoms with Crippen LogP contribution in [0.4, 0.5) is 5.69 Å². The van der Waals surface area contributed by atoms with E-state index in [1.807, 2.05) is 25.1 Å². The Morgan fingerprint density at radius 3 is 2.37 bits per heavy atom. The van der Waals surface area contributed by atoms with E-state index in [9.17, 15) is 8.42 Å². The second-order valence-corrected chi connectivity index (χ2v) is 9.11. The lowest BCUT2D eigenvalue weighted by atomic mass is 10.2. The van der Waals surface area contributed by atoms with E-state index in [4.69, 9.17) is 21.1 Å². The van der Waals surface area contributed by atoms with Crippen LogP contribution >= 0.6 is 11.6 Å². The van der Waals surface area contributed by atoms with Crippen LogP contribution in [0.3, 0.4) is 0 Å². The highest BCUT2D eigenvalue weighted by atomic mass is 35.5. The molecule has 2 aliphatic heterocycles. The van der Waals surface area contributed by atoms with Crippen molar-refractivity contribution in [3.05, 3.63) is 46.5 Å². The van der Waals surface area contributed by atoms with Gasteiger partial charge >= 0.3 is 0 Å². The predicted octanol–water partition coefficient (Wildman–Crippen LogP) is 3.20. The maximum atomic E-state index is 13.1. The third-order valence-corrected chi connectivity index (χ3v) is 7.48. The van der Waals surface area contributed by atoms with Crippen molar-refractivity contribution in [2.24, 2.45) is 0 Å². The Hall–Kier alpha value is -1.96. The monoisotopic (exact) mass is 408 g/mol. The van der Waals surface area contributed by atoms with E-state index in [-0.39, 0.29) is 6.79 Å². The predicted molar refractivity (Wildman–Crippen MR) is 104 cm³/mol. The SMILES string of the molecule is Cc1cc(S(=O)(=O)N2CCN(c3ccc4c(c3)OCO4)CC2)c(C)cc1Cl. The Morgan fingerprint density at radius 2 is 1.63 bits per heavy atom. The minimum absolute atomic E-state index is 0.241. The number of hydrogen-bond donors (Lipinski definition) is 0. The van der Waals surface area contributed by atoms with Crippen molar-refractivity contribution in [1.29, 1.82) is 0 Å². The van der Waals surface area contributed by atoms with Crippen molar-refractivity contribution in [2.45, 2.75) is 18.7 Å². The zero-order chi connectivity index (χ0) is 19.2. The van der Waals surface area contributed by atoms with Crippen LogP contribution in [-0.2, 0) is 10.0 Å². The number of nitrogens with zero attached hydrogens (tertiary/aromatic N) is 2. The number of ether oxygens (including phenoxy) is 2. The zero-order valence-electron chi connectivity index (χ0n) is 15.2. The molecule has 144 valence electrons. The molecule has 2 heterocycles. The molecule has 0 amide bonds. The van der Waals surface area contributed by atoms with Crippen molar-refractivity contribution >= 4 is 27.3 Å². The number of fused-ring (bicyclic) bond motifs is 1. The fraction of sp³-hybridized carbons (Fsp3) is 0.368. The van der Waals surface area contributed by atoms with Crippen LogP contribution in [0.25, 0.3) is 0 Å². The number of sulfonamides is 1. The number of anilines is 1. The molecular formula is C19H21ClN2O4S. The van der Waals surface area contributed by atoms with Gasteiger partial charge in [0.2, 0.25) is 16.8 Å². The number of benzene rings is 2. The van der Waals surface area contributed by atoms with Gasteiger partial charge < -0.3 is 14.4 Å². The van der Waals surface area contributed by atoms with Gasteiger partial charge in [-0.1, -0.05) is 11.6 Å². The minimum Gasteiger partial charge on any atom is -0.454 e. The Bertz CT molecular complexity index is 985. The molecule has 0 aliphatic carbocycles. The van der Waals surface area contributed by atoms with Gasteiger partial charge in [0.25, 0.3) is 0 Å². The molecule has 8 heteroatoms. The van der Waals surface area contributed by atoms with E-state index in [1.54, 1.807) is 23.4 Å². The molecule has 2 aromatic carbocycles. The molecule has 1 fully saturated rings. The molecule has 2 aromatic rings. The third-order valence-electron chi connectivity index (χ3n) is 5.03. The summed E-state index contributed by atoms with van der Waals surface area (Å²) in [5.41, 5.74) is 2.44. The molecule has 6 nitrogen and oxygen atoms in total. The normalized spacial score (nSPS) is 17.4. The van der Waals surface area contributed by atoms with Crippen LogP contribution < -0.4 is 14.4 Å². The lowest BCUT2D eigenvalue weighted by Gasteiger charge is -2.35. The van der Waals surface area contributed by atoms with Gasteiger partial charge in [-0.05, 0) is 49.2 Å². The van der Waals surface area contributed by atoms with Gasteiger partial charge in [-0.3, -0.25) is 0 Å². The molecule has 0 atom stereocenters. The number of hydrogen-bond acceptors (Lipinski definition) is 5. The van der Waals surface area contributed by atoms with Gasteiger partial charge in [-0.15, -0.1) is 0 Å². The zero-order valence-corrected chi connectivity index (χ0v) is 16.8. The van der Waals surface area contributed by atoms with E-state index in [0.29, 0.717) is 41.7 Å². The fourth-order valence-corrected chi connectivity index (χ4v) is 5.37. The summed E-state index contributed by atoms with van der Waals surface area (Å²) in [5, 5.41) is 0.582. The summed E-state index contributed by atoms with van der Waals surface area (Å²) < 4.78 is 38.5. The second-order valence-electron chi connectivity index (χ2n) is 6.80. The summed E-state index contributed by atoms with van der Waals surface area (Å²) in [6, 6.07) is 9.19. The van der Waals surface area contributed by atoms with Crippen molar-refractivity contribution < 1.29 is 17.9 Å². The number of halogens is 1. The first-order valence-electron chi connectivity index (χ1n) is 8.78. The van der Waals surface area contributed by atoms with Crippen molar-refractivity contribution in [2.75, 3.05) is 37.9 Å². The van der Waals surface area contributed by atoms with Crippen LogP contribution in [0.15, 0.2) is 35.2 Å². The lowest BCUT2D eigenvalue weighted by Crippen LogP contribution is -2.48. The van der Waals surface area contributed by atoms with E-state index >= 15 is 0 Å². The summed E-state index contributed by atoms with van der Waals surface area (Å²) in [5.74, 6) is 1.48. The summed E-state index contributed by atoms with van der Waals surface area (Å²) in [7, 11) is -3.54. The summed E-state index contributed by atoms with van der Waals surface area (Å²) >= 11 is 6.11. The number of piperazine rings is 1. The fourth-order valence-electron chi connectivity index (χ4n) is 3.44. The highest BCUT2D eigenvalue weighted by Crippen LogP contribution is 2.36. The highest BCUT2D eigenvalue weighted by Gasteiger charge is 2.30. The van der Waals surface area contributed by atoms with Gasteiger partial charge in [0.15, 0.2) is 11.5 Å². The number of rotatable bonds is 3. The first-order chi connectivity index (χ1) is 12.9. The second kappa shape index (κ2) is 6.89. The van der Waals surface area contributed by atoms with Crippen LogP contribution in [0.2, 0.25) is 5.02 Å². The van der Waals surface area contributed by atoms with E-state index in [0.717, 1.165) is 22.7 Å². The Labute approximate surface area is 164 Å². The smallest absolute Gasteiger partial charge is 0.243 e. The third kappa shape index (κ3) is 3.35. The van der Waals surface area contributed by atoms with Crippen molar-refractivity contribution in [1.82, 2.24) is 4.31 Å². The van der Waals surface area contributed by atoms with Crippen LogP contribution in [0.1, 0.15) is 11.1 Å². The van der Waals surface area contributed by atoms with Crippen molar-refractivity contribution in [3.8, 4) is 11.5 Å². The average Bonchev–Trinajstić information content (AvgIpc) is 3.12. The van der Waals surface area contributed by atoms with Gasteiger partial charge in [0.05, 0.1) is 4.90 Å². The lowest BCUT2D eigenvalue weighted by molar-refractivity contribution is 0.174. The van der Waals surface area contributed by atoms with E-state index < -0.39 is 10.0 Å². The van der Waals surface area contributed by atoms with Crippen LogP contribution in [-0.4, -0.2) is 45.7 Å². The molecule has 0 radical (unpaired) electrons. The van der Waals surface area contributed by atoms with Gasteiger partial charge in [-0.25, -0.2) is 8.42 Å². The quantitative estimate of drug-likeness (QED) is 0.780. The summed E-state index contributed by atoms with van der Waals surface area (Å²) in [4.78, 5) is 2.49. The van der Waals surface area contributed by atoms with Gasteiger partial charge in [-0.2, -0.15) is 4.31 Å². The molecule has 2 aliphatic rings. The molecule has 0 unspecified atom stereocenters. The van der Waals surface area contributed by atoms with E-state index in [2.05, 4.69) is 4.90 Å². The molecule has 27 heavy (non-hydrogen) atoms. The maximum absolute atomic E-state index is 13.1. The standard InChI is InChI=1S/C19H21ClN2O4S/c1-13-10-19(14(2)9-16(13)20)27(23,24)22-7-5-21(6-8-22)15-3-4-17-18(11-15)26-12-25-17/h3-4,9-11H,5-8,12H2,1-2H3. The molecular weight excluding hydrogens is 388 g/mol. The van der Waals surface area contributed by atoms with Crippen molar-refractivity contribution in [3.63, 3.8) is 0 Å². The minimum atomic E-state index is -3.54. The Balaban J connectivity index is 1.51. The summed E-state index contributed by atoms with van der Waals surface area (Å²) in [6.07, 6.45) is 0. The Morgan fingerprint density at radius 1 is 0.926 bits per heavy atom. The highest BCUT2D eigenvalue weighted by molar-refractivity contribution is 7.89. The average molecular weight is 409 g/mol. The van der Waals surface area contributed by atoms with Gasteiger partial charge in [0, 0.05) is 43.0 Å². The molecule has 4 rings (SSSR count). The largest absolute Gasteiger partial charge is 0.454 e. The molecule has 0 aromatic heterocycles.